The number of nitrogen functional groups attached to an aromatic ring is 1. The summed E-state index contributed by atoms with van der Waals surface area (Å²) in [6.45, 7) is 5.15. The number of allylic oxidation sites excluding steroid dienone is 1. The van der Waals surface area contributed by atoms with Crippen LogP contribution < -0.4 is 10.5 Å². The molecule has 5 rings (SSSR count). The van der Waals surface area contributed by atoms with Crippen molar-refractivity contribution in [1.82, 2.24) is 24.4 Å². The molecular formula is C27H28N6O2. The Kier molecular flexibility index (Phi) is 5.94. The number of nitrogens with zero attached hydrogens (tertiary/aromatic N) is 5. The van der Waals surface area contributed by atoms with Gasteiger partial charge in [0.05, 0.1) is 5.39 Å². The van der Waals surface area contributed by atoms with Crippen molar-refractivity contribution >= 4 is 22.8 Å². The Morgan fingerprint density at radius 3 is 2.71 bits per heavy atom. The highest BCUT2D eigenvalue weighted by Crippen LogP contribution is 2.42. The second-order valence-corrected chi connectivity index (χ2v) is 8.79. The molecule has 1 unspecified atom stereocenters. The topological polar surface area (TPSA) is 99.2 Å². The van der Waals surface area contributed by atoms with Crippen LogP contribution in [-0.4, -0.2) is 43.4 Å². The molecule has 4 aromatic rings. The van der Waals surface area contributed by atoms with Crippen molar-refractivity contribution in [1.29, 1.82) is 0 Å². The van der Waals surface area contributed by atoms with Gasteiger partial charge in [0.25, 0.3) is 0 Å². The monoisotopic (exact) mass is 468 g/mol. The van der Waals surface area contributed by atoms with Crippen LogP contribution in [0.4, 0.5) is 5.82 Å². The number of hydrogen-bond acceptors (Lipinski definition) is 6. The zero-order valence-electron chi connectivity index (χ0n) is 20.1. The van der Waals surface area contributed by atoms with Crippen molar-refractivity contribution in [2.24, 2.45) is 7.05 Å². The molecule has 1 saturated heterocycles. The van der Waals surface area contributed by atoms with Gasteiger partial charge in [-0.05, 0) is 50.1 Å². The number of aryl methyl sites for hydroxylation is 2. The van der Waals surface area contributed by atoms with E-state index in [0.29, 0.717) is 30.5 Å². The van der Waals surface area contributed by atoms with Gasteiger partial charge in [-0.15, -0.1) is 0 Å². The average Bonchev–Trinajstić information content (AvgIpc) is 3.44. The van der Waals surface area contributed by atoms with Crippen LogP contribution >= 0.6 is 0 Å². The highest BCUT2D eigenvalue weighted by atomic mass is 16.5. The molecule has 0 saturated carbocycles. The third-order valence-corrected chi connectivity index (χ3v) is 6.47. The number of nitrogens with two attached hydrogens (primary N) is 1. The van der Waals surface area contributed by atoms with Crippen LogP contribution in [0, 0.1) is 6.92 Å². The van der Waals surface area contributed by atoms with Gasteiger partial charge in [-0.25, -0.2) is 15.0 Å². The fourth-order valence-corrected chi connectivity index (χ4v) is 4.88. The lowest BCUT2D eigenvalue weighted by Gasteiger charge is -2.17. The summed E-state index contributed by atoms with van der Waals surface area (Å²) < 4.78 is 8.04. The Morgan fingerprint density at radius 2 is 1.97 bits per heavy atom. The molecule has 1 aliphatic rings. The highest BCUT2D eigenvalue weighted by Gasteiger charge is 2.32. The molecule has 0 spiro atoms. The van der Waals surface area contributed by atoms with Crippen LogP contribution in [0.25, 0.3) is 22.2 Å². The van der Waals surface area contributed by atoms with E-state index in [0.717, 1.165) is 40.0 Å². The van der Waals surface area contributed by atoms with Gasteiger partial charge < -0.3 is 19.9 Å². The van der Waals surface area contributed by atoms with Crippen LogP contribution in [0.5, 0.6) is 11.6 Å². The molecule has 8 nitrogen and oxygen atoms in total. The summed E-state index contributed by atoms with van der Waals surface area (Å²) in [6, 6.07) is 13.6. The maximum atomic E-state index is 12.5. The number of benzene rings is 1. The normalized spacial score (nSPS) is 15.9. The molecule has 1 aromatic carbocycles. The van der Waals surface area contributed by atoms with Crippen molar-refractivity contribution in [3.05, 3.63) is 72.3 Å². The summed E-state index contributed by atoms with van der Waals surface area (Å²) in [4.78, 5) is 27.6. The van der Waals surface area contributed by atoms with Crippen molar-refractivity contribution in [2.75, 3.05) is 18.8 Å². The Bertz CT molecular complexity index is 1420. The van der Waals surface area contributed by atoms with Gasteiger partial charge in [0.1, 0.15) is 23.5 Å². The van der Waals surface area contributed by atoms with E-state index < -0.39 is 0 Å². The van der Waals surface area contributed by atoms with E-state index in [9.17, 15) is 4.79 Å². The van der Waals surface area contributed by atoms with E-state index in [-0.39, 0.29) is 11.8 Å². The van der Waals surface area contributed by atoms with Crippen LogP contribution in [0.15, 0.2) is 60.9 Å². The third-order valence-electron chi connectivity index (χ3n) is 6.47. The minimum absolute atomic E-state index is 0.0425. The molecule has 2 N–H and O–H groups in total. The zero-order valence-corrected chi connectivity index (χ0v) is 20.1. The standard InChI is InChI=1S/C27H28N6O2/c1-4-6-22(34)33-14-13-19(15-33)25-23(24-26(28)29-16-30-27(24)32(25)3)18-9-11-20(12-10-18)35-21-8-5-7-17(2)31-21/h4-12,16,19H,13-15H2,1-3H3,(H2,28,29,30)/b6-4+. The average molecular weight is 469 g/mol. The number of amides is 1. The second kappa shape index (κ2) is 9.21. The molecular weight excluding hydrogens is 440 g/mol. The van der Waals surface area contributed by atoms with Gasteiger partial charge >= 0.3 is 0 Å². The number of carbonyl (C=O) groups is 1. The first-order valence-electron chi connectivity index (χ1n) is 11.7. The van der Waals surface area contributed by atoms with Crippen LogP contribution in [0.1, 0.15) is 30.7 Å². The van der Waals surface area contributed by atoms with E-state index in [4.69, 9.17) is 10.5 Å². The lowest BCUT2D eigenvalue weighted by Crippen LogP contribution is -2.26. The van der Waals surface area contributed by atoms with Crippen molar-refractivity contribution in [3.8, 4) is 22.8 Å². The van der Waals surface area contributed by atoms with E-state index in [1.165, 1.54) is 6.33 Å². The molecule has 4 heterocycles. The number of carbonyl (C=O) groups excluding carboxylic acids is 1. The summed E-state index contributed by atoms with van der Waals surface area (Å²) in [7, 11) is 2.00. The molecule has 1 atom stereocenters. The number of pyridine rings is 1. The molecule has 0 bridgehead atoms. The first kappa shape index (κ1) is 22.6. The molecule has 1 aliphatic heterocycles. The minimum atomic E-state index is 0.0425. The fourth-order valence-electron chi connectivity index (χ4n) is 4.88. The van der Waals surface area contributed by atoms with Gasteiger partial charge in [0.15, 0.2) is 0 Å². The van der Waals surface area contributed by atoms with Crippen molar-refractivity contribution in [2.45, 2.75) is 26.2 Å². The maximum absolute atomic E-state index is 12.5. The van der Waals surface area contributed by atoms with Crippen LogP contribution in [0.3, 0.4) is 0 Å². The summed E-state index contributed by atoms with van der Waals surface area (Å²) in [5.74, 6) is 1.89. The number of rotatable bonds is 5. The van der Waals surface area contributed by atoms with Crippen molar-refractivity contribution < 1.29 is 9.53 Å². The maximum Gasteiger partial charge on any atom is 0.246 e. The first-order valence-corrected chi connectivity index (χ1v) is 11.7. The van der Waals surface area contributed by atoms with E-state index in [2.05, 4.69) is 19.5 Å². The van der Waals surface area contributed by atoms with E-state index in [1.54, 1.807) is 12.2 Å². The van der Waals surface area contributed by atoms with Gasteiger partial charge in [0, 0.05) is 49.1 Å². The minimum Gasteiger partial charge on any atom is -0.439 e. The second-order valence-electron chi connectivity index (χ2n) is 8.79. The number of fused-ring (bicyclic) bond motifs is 1. The lowest BCUT2D eigenvalue weighted by molar-refractivity contribution is -0.125. The molecule has 8 heteroatoms. The van der Waals surface area contributed by atoms with E-state index in [1.807, 2.05) is 68.3 Å². The number of aromatic nitrogens is 4. The van der Waals surface area contributed by atoms with Crippen LogP contribution in [-0.2, 0) is 11.8 Å². The van der Waals surface area contributed by atoms with Gasteiger partial charge in [-0.1, -0.05) is 24.3 Å². The molecule has 0 aliphatic carbocycles. The summed E-state index contributed by atoms with van der Waals surface area (Å²) in [6.07, 6.45) is 5.77. The van der Waals surface area contributed by atoms with E-state index >= 15 is 0 Å². The number of likely N-dealkylation sites (tertiary alicyclic amines) is 1. The summed E-state index contributed by atoms with van der Waals surface area (Å²) in [5.41, 5.74) is 11.2. The molecule has 1 fully saturated rings. The number of anilines is 1. The van der Waals surface area contributed by atoms with Crippen molar-refractivity contribution in [3.63, 3.8) is 0 Å². The number of hydrogen-bond donors (Lipinski definition) is 1. The lowest BCUT2D eigenvalue weighted by atomic mass is 9.94. The van der Waals surface area contributed by atoms with Gasteiger partial charge in [0.2, 0.25) is 11.8 Å². The molecule has 178 valence electrons. The summed E-state index contributed by atoms with van der Waals surface area (Å²) >= 11 is 0. The summed E-state index contributed by atoms with van der Waals surface area (Å²) in [5, 5.41) is 0.831. The SMILES string of the molecule is C/C=C/C(=O)N1CCC(c2c(-c3ccc(Oc4cccc(C)n4)cc3)c3c(N)ncnc3n2C)C1. The third kappa shape index (κ3) is 4.23. The Hall–Kier alpha value is -4.20. The number of ether oxygens (including phenoxy) is 1. The smallest absolute Gasteiger partial charge is 0.246 e. The molecule has 35 heavy (non-hydrogen) atoms. The largest absolute Gasteiger partial charge is 0.439 e. The quantitative estimate of drug-likeness (QED) is 0.430. The molecule has 3 aromatic heterocycles. The Morgan fingerprint density at radius 1 is 1.17 bits per heavy atom. The molecule has 0 radical (unpaired) electrons. The predicted octanol–water partition coefficient (Wildman–Crippen LogP) is 4.61. The highest BCUT2D eigenvalue weighted by molar-refractivity contribution is 6.02. The van der Waals surface area contributed by atoms with Crippen LogP contribution in [0.2, 0.25) is 0 Å². The Labute approximate surface area is 204 Å². The van der Waals surface area contributed by atoms with Gasteiger partial charge in [-0.3, -0.25) is 4.79 Å². The molecule has 1 amide bonds. The zero-order chi connectivity index (χ0) is 24.5. The van der Waals surface area contributed by atoms with Gasteiger partial charge in [-0.2, -0.15) is 0 Å². The fraction of sp³-hybridized carbons (Fsp3) is 0.259. The predicted molar refractivity (Wildman–Crippen MR) is 136 cm³/mol. The first-order chi connectivity index (χ1) is 17.0. The Balaban J connectivity index is 1.55.